The molecule has 1 aliphatic rings. The van der Waals surface area contributed by atoms with E-state index in [4.69, 9.17) is 5.11 Å². The second-order valence-electron chi connectivity index (χ2n) is 5.03. The topological polar surface area (TPSA) is 66.4 Å². The average Bonchev–Trinajstić information content (AvgIpc) is 2.29. The Hall–Kier alpha value is -1.07. The Balaban J connectivity index is 2.05. The highest BCUT2D eigenvalue weighted by Gasteiger charge is 2.36. The minimum absolute atomic E-state index is 0.0676. The second kappa shape index (κ2) is 4.90. The van der Waals surface area contributed by atoms with Gasteiger partial charge in [-0.3, -0.25) is 0 Å². The first-order valence-electron chi connectivity index (χ1n) is 6.26. The van der Waals surface area contributed by atoms with Crippen LogP contribution in [0, 0.1) is 5.41 Å². The lowest BCUT2D eigenvalue weighted by atomic mass is 9.67. The first-order chi connectivity index (χ1) is 8.47. The van der Waals surface area contributed by atoms with Gasteiger partial charge in [-0.15, -0.1) is 0 Å². The van der Waals surface area contributed by atoms with Gasteiger partial charge in [0.15, 0.2) is 0 Å². The van der Waals surface area contributed by atoms with Crippen molar-refractivity contribution in [3.05, 3.63) is 24.3 Å². The lowest BCUT2D eigenvalue weighted by Crippen LogP contribution is -2.41. The van der Waals surface area contributed by atoms with Gasteiger partial charge in [-0.2, -0.15) is 0 Å². The van der Waals surface area contributed by atoms with Crippen LogP contribution in [0.1, 0.15) is 32.6 Å². The van der Waals surface area contributed by atoms with Crippen molar-refractivity contribution in [2.45, 2.75) is 37.5 Å². The highest BCUT2D eigenvalue weighted by Crippen LogP contribution is 2.43. The molecule has 1 saturated carbocycles. The zero-order valence-corrected chi connectivity index (χ0v) is 11.3. The molecule has 0 unspecified atom stereocenters. The summed E-state index contributed by atoms with van der Waals surface area (Å²) in [5.41, 5.74) is 0.157. The Morgan fingerprint density at radius 2 is 1.89 bits per heavy atom. The standard InChI is InChI=1S/C13H19NO3S/c1-2-13(8-3-9-13)10-14-18(16,17)12-6-4-11(15)5-7-12/h4-7,14-15H,2-3,8-10H2,1H3. The van der Waals surface area contributed by atoms with Crippen LogP contribution in [0.2, 0.25) is 0 Å². The van der Waals surface area contributed by atoms with Gasteiger partial charge in [0.2, 0.25) is 10.0 Å². The zero-order valence-electron chi connectivity index (χ0n) is 10.5. The number of hydrogen-bond acceptors (Lipinski definition) is 3. The third-order valence-electron chi connectivity index (χ3n) is 3.95. The maximum atomic E-state index is 12.1. The Kier molecular flexibility index (Phi) is 3.64. The quantitative estimate of drug-likeness (QED) is 0.861. The fourth-order valence-corrected chi connectivity index (χ4v) is 3.45. The molecule has 0 spiro atoms. The molecule has 0 aromatic heterocycles. The lowest BCUT2D eigenvalue weighted by Gasteiger charge is -2.41. The van der Waals surface area contributed by atoms with Crippen LogP contribution in [0.3, 0.4) is 0 Å². The summed E-state index contributed by atoms with van der Waals surface area (Å²) in [5.74, 6) is 0.0676. The monoisotopic (exact) mass is 269 g/mol. The molecule has 0 amide bonds. The predicted octanol–water partition coefficient (Wildman–Crippen LogP) is 2.25. The Morgan fingerprint density at radius 3 is 2.33 bits per heavy atom. The number of aromatic hydroxyl groups is 1. The summed E-state index contributed by atoms with van der Waals surface area (Å²) in [6.45, 7) is 2.61. The zero-order chi connectivity index (χ0) is 13.2. The molecule has 1 aromatic rings. The smallest absolute Gasteiger partial charge is 0.240 e. The van der Waals surface area contributed by atoms with Crippen LogP contribution in [-0.4, -0.2) is 20.1 Å². The first kappa shape index (κ1) is 13.4. The molecule has 0 bridgehead atoms. The fourth-order valence-electron chi connectivity index (χ4n) is 2.29. The molecule has 5 heteroatoms. The molecule has 4 nitrogen and oxygen atoms in total. The molecule has 0 heterocycles. The van der Waals surface area contributed by atoms with Crippen molar-refractivity contribution in [2.75, 3.05) is 6.54 Å². The Labute approximate surface area is 108 Å². The summed E-state index contributed by atoms with van der Waals surface area (Å²) >= 11 is 0. The van der Waals surface area contributed by atoms with Gasteiger partial charge in [-0.05, 0) is 48.9 Å². The van der Waals surface area contributed by atoms with Crippen molar-refractivity contribution >= 4 is 10.0 Å². The third kappa shape index (κ3) is 2.67. The lowest BCUT2D eigenvalue weighted by molar-refractivity contribution is 0.133. The molecule has 100 valence electrons. The van der Waals surface area contributed by atoms with Crippen LogP contribution in [0.5, 0.6) is 5.75 Å². The summed E-state index contributed by atoms with van der Waals surface area (Å²) in [5, 5.41) is 9.15. The SMILES string of the molecule is CCC1(CNS(=O)(=O)c2ccc(O)cc2)CCC1. The van der Waals surface area contributed by atoms with Crippen molar-refractivity contribution in [1.29, 1.82) is 0 Å². The van der Waals surface area contributed by atoms with E-state index in [0.29, 0.717) is 6.54 Å². The molecular weight excluding hydrogens is 250 g/mol. The van der Waals surface area contributed by atoms with Crippen molar-refractivity contribution in [2.24, 2.45) is 5.41 Å². The maximum absolute atomic E-state index is 12.1. The van der Waals surface area contributed by atoms with Crippen LogP contribution in [-0.2, 0) is 10.0 Å². The first-order valence-corrected chi connectivity index (χ1v) is 7.74. The van der Waals surface area contributed by atoms with Crippen LogP contribution < -0.4 is 4.72 Å². The summed E-state index contributed by atoms with van der Waals surface area (Å²) < 4.78 is 26.8. The molecule has 0 saturated heterocycles. The van der Waals surface area contributed by atoms with E-state index in [9.17, 15) is 8.42 Å². The highest BCUT2D eigenvalue weighted by molar-refractivity contribution is 7.89. The van der Waals surface area contributed by atoms with Gasteiger partial charge in [-0.25, -0.2) is 13.1 Å². The summed E-state index contributed by atoms with van der Waals surface area (Å²) in [7, 11) is -3.46. The van der Waals surface area contributed by atoms with Crippen LogP contribution in [0.15, 0.2) is 29.2 Å². The number of rotatable bonds is 5. The van der Waals surface area contributed by atoms with E-state index in [1.54, 1.807) is 0 Å². The van der Waals surface area contributed by atoms with E-state index in [-0.39, 0.29) is 16.1 Å². The third-order valence-corrected chi connectivity index (χ3v) is 5.37. The fraction of sp³-hybridized carbons (Fsp3) is 0.538. The van der Waals surface area contributed by atoms with Gasteiger partial charge in [0.1, 0.15) is 5.75 Å². The molecule has 0 radical (unpaired) electrons. The van der Waals surface area contributed by atoms with E-state index in [1.165, 1.54) is 30.7 Å². The Bertz CT molecular complexity index is 498. The van der Waals surface area contributed by atoms with Crippen LogP contribution in [0.25, 0.3) is 0 Å². The van der Waals surface area contributed by atoms with E-state index in [1.807, 2.05) is 0 Å². The van der Waals surface area contributed by atoms with E-state index >= 15 is 0 Å². The molecule has 1 fully saturated rings. The minimum Gasteiger partial charge on any atom is -0.508 e. The second-order valence-corrected chi connectivity index (χ2v) is 6.79. The van der Waals surface area contributed by atoms with E-state index in [0.717, 1.165) is 19.3 Å². The van der Waals surface area contributed by atoms with Gasteiger partial charge in [0, 0.05) is 6.54 Å². The molecule has 2 N–H and O–H groups in total. The normalized spacial score (nSPS) is 18.3. The van der Waals surface area contributed by atoms with Crippen molar-refractivity contribution < 1.29 is 13.5 Å². The summed E-state index contributed by atoms with van der Waals surface area (Å²) in [6, 6.07) is 5.59. The van der Waals surface area contributed by atoms with Gasteiger partial charge < -0.3 is 5.11 Å². The summed E-state index contributed by atoms with van der Waals surface area (Å²) in [4.78, 5) is 0.200. The number of hydrogen-bond donors (Lipinski definition) is 2. The Morgan fingerprint density at radius 1 is 1.28 bits per heavy atom. The maximum Gasteiger partial charge on any atom is 0.240 e. The number of sulfonamides is 1. The molecule has 18 heavy (non-hydrogen) atoms. The molecule has 2 rings (SSSR count). The van der Waals surface area contributed by atoms with Crippen molar-refractivity contribution in [3.8, 4) is 5.75 Å². The van der Waals surface area contributed by atoms with Gasteiger partial charge in [0.25, 0.3) is 0 Å². The highest BCUT2D eigenvalue weighted by atomic mass is 32.2. The van der Waals surface area contributed by atoms with Crippen LogP contribution >= 0.6 is 0 Å². The predicted molar refractivity (Wildman–Crippen MR) is 69.9 cm³/mol. The van der Waals surface area contributed by atoms with Crippen LogP contribution in [0.4, 0.5) is 0 Å². The number of phenolic OH excluding ortho intramolecular Hbond substituents is 1. The van der Waals surface area contributed by atoms with E-state index in [2.05, 4.69) is 11.6 Å². The molecule has 1 aromatic carbocycles. The van der Waals surface area contributed by atoms with Crippen molar-refractivity contribution in [3.63, 3.8) is 0 Å². The average molecular weight is 269 g/mol. The molecular formula is C13H19NO3S. The number of nitrogens with one attached hydrogen (secondary N) is 1. The number of benzene rings is 1. The molecule has 0 atom stereocenters. The largest absolute Gasteiger partial charge is 0.508 e. The number of phenols is 1. The summed E-state index contributed by atoms with van der Waals surface area (Å²) in [6.07, 6.45) is 4.39. The molecule has 0 aliphatic heterocycles. The van der Waals surface area contributed by atoms with Crippen molar-refractivity contribution in [1.82, 2.24) is 4.72 Å². The van der Waals surface area contributed by atoms with Gasteiger partial charge in [-0.1, -0.05) is 13.3 Å². The van der Waals surface area contributed by atoms with E-state index < -0.39 is 10.0 Å². The minimum atomic E-state index is -3.46. The van der Waals surface area contributed by atoms with Gasteiger partial charge >= 0.3 is 0 Å². The molecule has 1 aliphatic carbocycles. The van der Waals surface area contributed by atoms with Gasteiger partial charge in [0.05, 0.1) is 4.90 Å².